The molecular weight excluding hydrogens is 677 g/mol. The Bertz CT molecular complexity index is 2760. The van der Waals surface area contributed by atoms with Gasteiger partial charge in [0.1, 0.15) is 0 Å². The third-order valence-corrected chi connectivity index (χ3v) is 13.2. The molecule has 0 unspecified atom stereocenters. The molecule has 1 atom stereocenters. The lowest BCUT2D eigenvalue weighted by atomic mass is 9.76. The van der Waals surface area contributed by atoms with Gasteiger partial charge in [-0.15, -0.1) is 0 Å². The van der Waals surface area contributed by atoms with Gasteiger partial charge < -0.3 is 9.80 Å². The van der Waals surface area contributed by atoms with Gasteiger partial charge in [0, 0.05) is 45.0 Å². The van der Waals surface area contributed by atoms with Crippen LogP contribution in [-0.4, -0.2) is 0 Å². The summed E-state index contributed by atoms with van der Waals surface area (Å²) in [6.07, 6.45) is 4.48. The highest BCUT2D eigenvalue weighted by Crippen LogP contribution is 2.56. The summed E-state index contributed by atoms with van der Waals surface area (Å²) in [4.78, 5) is 4.92. The van der Waals surface area contributed by atoms with E-state index in [0.29, 0.717) is 0 Å². The quantitative estimate of drug-likeness (QED) is 0.169. The van der Waals surface area contributed by atoms with Crippen molar-refractivity contribution in [2.24, 2.45) is 0 Å². The first kappa shape index (κ1) is 33.0. The largest absolute Gasteiger partial charge is 0.310 e. The van der Waals surface area contributed by atoms with E-state index in [2.05, 4.69) is 206 Å². The molecule has 0 aliphatic heterocycles. The fourth-order valence-electron chi connectivity index (χ4n) is 10.5. The van der Waals surface area contributed by atoms with Crippen molar-refractivity contribution in [3.63, 3.8) is 0 Å². The molecule has 270 valence electrons. The van der Waals surface area contributed by atoms with Crippen LogP contribution in [0.15, 0.2) is 182 Å². The van der Waals surface area contributed by atoms with Gasteiger partial charge in [0.25, 0.3) is 0 Å². The summed E-state index contributed by atoms with van der Waals surface area (Å²) in [5.41, 5.74) is 18.5. The van der Waals surface area contributed by atoms with Crippen molar-refractivity contribution in [1.29, 1.82) is 0 Å². The SMILES string of the molecule is CC1(C)c2ccccc2-c2cc(N(c3ccc4c(c3)[C@]3(CCc5ccc(N(c6ccccc6)c6ccccc6)cc53)CC4)c3ccc4ccccc4c3)ccc21. The van der Waals surface area contributed by atoms with Crippen molar-refractivity contribution in [1.82, 2.24) is 0 Å². The number of para-hydroxylation sites is 2. The van der Waals surface area contributed by atoms with Crippen LogP contribution in [0.3, 0.4) is 0 Å². The van der Waals surface area contributed by atoms with Crippen LogP contribution in [0.1, 0.15) is 60.1 Å². The molecule has 0 saturated heterocycles. The Kier molecular flexibility index (Phi) is 7.41. The van der Waals surface area contributed by atoms with Crippen molar-refractivity contribution in [2.45, 2.75) is 50.4 Å². The van der Waals surface area contributed by atoms with Gasteiger partial charge in [0.05, 0.1) is 0 Å². The van der Waals surface area contributed by atoms with Gasteiger partial charge in [-0.1, -0.05) is 123 Å². The highest BCUT2D eigenvalue weighted by atomic mass is 15.1. The molecule has 2 nitrogen and oxygen atoms in total. The average Bonchev–Trinajstić information content (AvgIpc) is 3.88. The number of rotatable bonds is 6. The molecule has 3 aliphatic rings. The van der Waals surface area contributed by atoms with E-state index < -0.39 is 0 Å². The molecule has 0 fully saturated rings. The molecule has 0 radical (unpaired) electrons. The van der Waals surface area contributed by atoms with Gasteiger partial charge in [-0.05, 0) is 154 Å². The monoisotopic (exact) mass is 720 g/mol. The van der Waals surface area contributed by atoms with Gasteiger partial charge in [-0.3, -0.25) is 0 Å². The molecule has 1 spiro atoms. The summed E-state index contributed by atoms with van der Waals surface area (Å²) in [6.45, 7) is 4.73. The zero-order valence-corrected chi connectivity index (χ0v) is 32.0. The first-order valence-corrected chi connectivity index (χ1v) is 20.2. The predicted octanol–water partition coefficient (Wildman–Crippen LogP) is 14.3. The number of fused-ring (bicyclic) bond motifs is 8. The van der Waals surface area contributed by atoms with E-state index in [4.69, 9.17) is 0 Å². The minimum atomic E-state index is -0.0382. The lowest BCUT2D eigenvalue weighted by Crippen LogP contribution is -2.22. The maximum Gasteiger partial charge on any atom is 0.0468 e. The molecular formula is C54H44N2. The fraction of sp³-hybridized carbons (Fsp3) is 0.148. The van der Waals surface area contributed by atoms with Gasteiger partial charge in [-0.25, -0.2) is 0 Å². The van der Waals surface area contributed by atoms with E-state index in [1.807, 2.05) is 0 Å². The van der Waals surface area contributed by atoms with Gasteiger partial charge >= 0.3 is 0 Å². The maximum atomic E-state index is 2.55. The molecule has 0 saturated carbocycles. The minimum absolute atomic E-state index is 0.0221. The molecule has 0 N–H and O–H groups in total. The highest BCUT2D eigenvalue weighted by Gasteiger charge is 2.45. The van der Waals surface area contributed by atoms with Crippen LogP contribution in [0.4, 0.5) is 34.1 Å². The predicted molar refractivity (Wildman–Crippen MR) is 235 cm³/mol. The summed E-state index contributed by atoms with van der Waals surface area (Å²) < 4.78 is 0. The number of benzene rings is 8. The van der Waals surface area contributed by atoms with Crippen molar-refractivity contribution in [2.75, 3.05) is 9.80 Å². The van der Waals surface area contributed by atoms with Gasteiger partial charge in [0.2, 0.25) is 0 Å². The summed E-state index contributed by atoms with van der Waals surface area (Å²) >= 11 is 0. The molecule has 3 aliphatic carbocycles. The summed E-state index contributed by atoms with van der Waals surface area (Å²) in [5, 5.41) is 2.51. The molecule has 0 amide bonds. The summed E-state index contributed by atoms with van der Waals surface area (Å²) in [7, 11) is 0. The highest BCUT2D eigenvalue weighted by molar-refractivity contribution is 5.91. The van der Waals surface area contributed by atoms with Crippen LogP contribution < -0.4 is 9.80 Å². The fourth-order valence-corrected chi connectivity index (χ4v) is 10.5. The Morgan fingerprint density at radius 3 is 1.50 bits per heavy atom. The van der Waals surface area contributed by atoms with Crippen LogP contribution in [0, 0.1) is 0 Å². The zero-order chi connectivity index (χ0) is 37.4. The molecule has 0 aromatic heterocycles. The number of aryl methyl sites for hydroxylation is 2. The van der Waals surface area contributed by atoms with Crippen LogP contribution in [0.25, 0.3) is 21.9 Å². The molecule has 56 heavy (non-hydrogen) atoms. The second kappa shape index (κ2) is 12.6. The lowest BCUT2D eigenvalue weighted by molar-refractivity contribution is 0.507. The molecule has 8 aromatic carbocycles. The molecule has 11 rings (SSSR count). The number of anilines is 6. The minimum Gasteiger partial charge on any atom is -0.310 e. The maximum absolute atomic E-state index is 2.55. The molecule has 8 aromatic rings. The number of nitrogens with zero attached hydrogens (tertiary/aromatic N) is 2. The van der Waals surface area contributed by atoms with E-state index in [0.717, 1.165) is 25.7 Å². The Morgan fingerprint density at radius 1 is 0.357 bits per heavy atom. The zero-order valence-electron chi connectivity index (χ0n) is 32.0. The van der Waals surface area contributed by atoms with Crippen LogP contribution >= 0.6 is 0 Å². The normalized spacial score (nSPS) is 17.0. The smallest absolute Gasteiger partial charge is 0.0468 e. The van der Waals surface area contributed by atoms with Crippen LogP contribution in [-0.2, 0) is 23.7 Å². The topological polar surface area (TPSA) is 6.48 Å². The Morgan fingerprint density at radius 2 is 0.839 bits per heavy atom. The van der Waals surface area contributed by atoms with Crippen molar-refractivity contribution < 1.29 is 0 Å². The third kappa shape index (κ3) is 5.02. The van der Waals surface area contributed by atoms with E-state index in [9.17, 15) is 0 Å². The van der Waals surface area contributed by atoms with E-state index >= 15 is 0 Å². The second-order valence-electron chi connectivity index (χ2n) is 16.5. The van der Waals surface area contributed by atoms with E-state index in [1.54, 1.807) is 0 Å². The Balaban J connectivity index is 1.07. The van der Waals surface area contributed by atoms with E-state index in [-0.39, 0.29) is 10.8 Å². The molecule has 2 heteroatoms. The molecule has 0 heterocycles. The Labute approximate surface area is 330 Å². The van der Waals surface area contributed by atoms with Crippen LogP contribution in [0.5, 0.6) is 0 Å². The number of hydrogen-bond acceptors (Lipinski definition) is 2. The van der Waals surface area contributed by atoms with Crippen LogP contribution in [0.2, 0.25) is 0 Å². The summed E-state index contributed by atoms with van der Waals surface area (Å²) in [5.74, 6) is 0. The van der Waals surface area contributed by atoms with Crippen molar-refractivity contribution >= 4 is 44.9 Å². The first-order valence-electron chi connectivity index (χ1n) is 20.2. The van der Waals surface area contributed by atoms with Gasteiger partial charge in [-0.2, -0.15) is 0 Å². The molecule has 0 bridgehead atoms. The first-order chi connectivity index (χ1) is 27.5. The van der Waals surface area contributed by atoms with Gasteiger partial charge in [0.15, 0.2) is 0 Å². The summed E-state index contributed by atoms with van der Waals surface area (Å²) in [6, 6.07) is 68.0. The lowest BCUT2D eigenvalue weighted by Gasteiger charge is -2.32. The Hall–Kier alpha value is -6.38. The average molecular weight is 721 g/mol. The van der Waals surface area contributed by atoms with Crippen molar-refractivity contribution in [3.05, 3.63) is 215 Å². The van der Waals surface area contributed by atoms with E-state index in [1.165, 1.54) is 89.4 Å². The second-order valence-corrected chi connectivity index (χ2v) is 16.5. The standard InChI is InChI=1S/C54H44N2/c1-53(2)49-20-12-11-19-47(49)48-34-44(27-28-50(48)53)56(43-24-21-37-13-9-10-14-40(37)33-43)46-26-23-39-30-32-54(52(39)36-46)31-29-38-22-25-45(35-51(38)54)55(41-15-5-3-6-16-41)42-17-7-4-8-18-42/h3-28,33-36H,29-32H2,1-2H3/t54-/m1/s1. The third-order valence-electron chi connectivity index (χ3n) is 13.2. The number of hydrogen-bond donors (Lipinski definition) is 0. The van der Waals surface area contributed by atoms with Crippen molar-refractivity contribution in [3.8, 4) is 11.1 Å².